The van der Waals surface area contributed by atoms with E-state index in [9.17, 15) is 5.11 Å². The van der Waals surface area contributed by atoms with Crippen LogP contribution in [0.25, 0.3) is 0 Å². The molecule has 106 valence electrons. The van der Waals surface area contributed by atoms with Crippen molar-refractivity contribution >= 4 is 23.2 Å². The smallest absolute Gasteiger partial charge is 0.133 e. The lowest BCUT2D eigenvalue weighted by Crippen LogP contribution is -1.95. The molecule has 2 rings (SSSR count). The van der Waals surface area contributed by atoms with E-state index in [0.717, 1.165) is 16.9 Å². The van der Waals surface area contributed by atoms with Crippen LogP contribution in [0.15, 0.2) is 30.3 Å². The van der Waals surface area contributed by atoms with Crippen LogP contribution in [0.2, 0.25) is 10.0 Å². The summed E-state index contributed by atoms with van der Waals surface area (Å²) in [6, 6.07) is 8.98. The number of aryl methyl sites for hydroxylation is 2. The van der Waals surface area contributed by atoms with Crippen LogP contribution in [-0.4, -0.2) is 5.11 Å². The molecule has 0 aliphatic heterocycles. The SMILES string of the molecule is Cc1cc(Cl)cc(C)c1Oc1ccc(C(C)O)c(Cl)c1. The molecule has 0 aromatic heterocycles. The maximum atomic E-state index is 9.56. The minimum Gasteiger partial charge on any atom is -0.457 e. The van der Waals surface area contributed by atoms with E-state index >= 15 is 0 Å². The van der Waals surface area contributed by atoms with Gasteiger partial charge in [0.05, 0.1) is 11.1 Å². The summed E-state index contributed by atoms with van der Waals surface area (Å²) in [6.45, 7) is 5.56. The van der Waals surface area contributed by atoms with Crippen molar-refractivity contribution in [1.29, 1.82) is 0 Å². The highest BCUT2D eigenvalue weighted by molar-refractivity contribution is 6.31. The Morgan fingerprint density at radius 3 is 2.15 bits per heavy atom. The number of hydrogen-bond acceptors (Lipinski definition) is 2. The molecule has 0 bridgehead atoms. The molecule has 0 heterocycles. The topological polar surface area (TPSA) is 29.5 Å². The molecule has 1 atom stereocenters. The molecule has 1 unspecified atom stereocenters. The van der Waals surface area contributed by atoms with Gasteiger partial charge in [-0.05, 0) is 61.7 Å². The molecule has 2 nitrogen and oxygen atoms in total. The predicted molar refractivity (Wildman–Crippen MR) is 83.1 cm³/mol. The van der Waals surface area contributed by atoms with Crippen molar-refractivity contribution in [3.8, 4) is 11.5 Å². The van der Waals surface area contributed by atoms with Gasteiger partial charge in [0, 0.05) is 5.02 Å². The summed E-state index contributed by atoms with van der Waals surface area (Å²) in [4.78, 5) is 0. The van der Waals surface area contributed by atoms with E-state index in [1.165, 1.54) is 0 Å². The average Bonchev–Trinajstić information content (AvgIpc) is 2.33. The normalized spacial score (nSPS) is 12.3. The summed E-state index contributed by atoms with van der Waals surface area (Å²) in [7, 11) is 0. The second-order valence-electron chi connectivity index (χ2n) is 4.83. The van der Waals surface area contributed by atoms with Crippen molar-refractivity contribution in [2.24, 2.45) is 0 Å². The average molecular weight is 311 g/mol. The predicted octanol–water partition coefficient (Wildman–Crippen LogP) is 5.46. The van der Waals surface area contributed by atoms with E-state index in [0.29, 0.717) is 21.4 Å². The Labute approximate surface area is 128 Å². The fourth-order valence-electron chi connectivity index (χ4n) is 2.09. The van der Waals surface area contributed by atoms with Crippen molar-refractivity contribution in [2.75, 3.05) is 0 Å². The van der Waals surface area contributed by atoms with Crippen LogP contribution in [0, 0.1) is 13.8 Å². The van der Waals surface area contributed by atoms with Gasteiger partial charge in [-0.2, -0.15) is 0 Å². The molecular formula is C16H16Cl2O2. The van der Waals surface area contributed by atoms with E-state index < -0.39 is 6.10 Å². The molecule has 4 heteroatoms. The lowest BCUT2D eigenvalue weighted by molar-refractivity contribution is 0.199. The Bertz CT molecular complexity index is 613. The number of rotatable bonds is 3. The zero-order chi connectivity index (χ0) is 14.9. The number of hydrogen-bond donors (Lipinski definition) is 1. The van der Waals surface area contributed by atoms with Gasteiger partial charge in [-0.15, -0.1) is 0 Å². The number of ether oxygens (including phenoxy) is 1. The van der Waals surface area contributed by atoms with Crippen LogP contribution >= 0.6 is 23.2 Å². The minimum absolute atomic E-state index is 0.488. The molecule has 0 radical (unpaired) electrons. The molecule has 0 aliphatic carbocycles. The van der Waals surface area contributed by atoms with E-state index in [-0.39, 0.29) is 0 Å². The molecule has 0 aliphatic rings. The maximum absolute atomic E-state index is 9.56. The van der Waals surface area contributed by atoms with Crippen molar-refractivity contribution in [2.45, 2.75) is 26.9 Å². The second kappa shape index (κ2) is 6.04. The Hall–Kier alpha value is -1.22. The Kier molecular flexibility index (Phi) is 4.59. The third kappa shape index (κ3) is 3.26. The molecule has 1 N–H and O–H groups in total. The second-order valence-corrected chi connectivity index (χ2v) is 5.67. The molecular weight excluding hydrogens is 295 g/mol. The third-order valence-corrected chi connectivity index (χ3v) is 3.61. The summed E-state index contributed by atoms with van der Waals surface area (Å²) in [5.41, 5.74) is 2.61. The molecule has 20 heavy (non-hydrogen) atoms. The Morgan fingerprint density at radius 2 is 1.65 bits per heavy atom. The summed E-state index contributed by atoms with van der Waals surface area (Å²) < 4.78 is 5.89. The van der Waals surface area contributed by atoms with Crippen LogP contribution in [0.3, 0.4) is 0 Å². The van der Waals surface area contributed by atoms with Gasteiger partial charge < -0.3 is 9.84 Å². The molecule has 0 spiro atoms. The highest BCUT2D eigenvalue weighted by Gasteiger charge is 2.10. The maximum Gasteiger partial charge on any atom is 0.133 e. The van der Waals surface area contributed by atoms with Gasteiger partial charge in [0.25, 0.3) is 0 Å². The first-order valence-electron chi connectivity index (χ1n) is 6.30. The summed E-state index contributed by atoms with van der Waals surface area (Å²) in [5, 5.41) is 10.7. The largest absolute Gasteiger partial charge is 0.457 e. The van der Waals surface area contributed by atoms with Crippen molar-refractivity contribution in [3.05, 3.63) is 57.1 Å². The summed E-state index contributed by atoms with van der Waals surface area (Å²) >= 11 is 12.1. The first kappa shape index (κ1) is 15.2. The van der Waals surface area contributed by atoms with Crippen LogP contribution in [0.4, 0.5) is 0 Å². The molecule has 2 aromatic rings. The quantitative estimate of drug-likeness (QED) is 0.816. The van der Waals surface area contributed by atoms with Gasteiger partial charge in [0.2, 0.25) is 0 Å². The molecule has 0 saturated heterocycles. The standard InChI is InChI=1S/C16H16Cl2O2/c1-9-6-12(17)7-10(2)16(9)20-13-4-5-14(11(3)19)15(18)8-13/h4-8,11,19H,1-3H3. The Morgan fingerprint density at radius 1 is 1.05 bits per heavy atom. The highest BCUT2D eigenvalue weighted by Crippen LogP contribution is 2.34. The Balaban J connectivity index is 2.34. The summed E-state index contributed by atoms with van der Waals surface area (Å²) in [5.74, 6) is 1.41. The highest BCUT2D eigenvalue weighted by atomic mass is 35.5. The molecule has 0 fully saturated rings. The van der Waals surface area contributed by atoms with E-state index in [2.05, 4.69) is 0 Å². The van der Waals surface area contributed by atoms with Crippen molar-refractivity contribution in [1.82, 2.24) is 0 Å². The zero-order valence-electron chi connectivity index (χ0n) is 11.6. The monoisotopic (exact) mass is 310 g/mol. The molecule has 0 saturated carbocycles. The first-order valence-corrected chi connectivity index (χ1v) is 7.06. The number of aliphatic hydroxyl groups excluding tert-OH is 1. The fraction of sp³-hybridized carbons (Fsp3) is 0.250. The van der Waals surface area contributed by atoms with E-state index in [4.69, 9.17) is 27.9 Å². The number of aliphatic hydroxyl groups is 1. The van der Waals surface area contributed by atoms with Gasteiger partial charge in [-0.3, -0.25) is 0 Å². The van der Waals surface area contributed by atoms with Gasteiger partial charge in [-0.25, -0.2) is 0 Å². The number of benzene rings is 2. The van der Waals surface area contributed by atoms with Crippen LogP contribution in [-0.2, 0) is 0 Å². The van der Waals surface area contributed by atoms with Gasteiger partial charge >= 0.3 is 0 Å². The summed E-state index contributed by atoms with van der Waals surface area (Å²) in [6.07, 6.45) is -0.601. The van der Waals surface area contributed by atoms with Gasteiger partial charge in [0.15, 0.2) is 0 Å². The van der Waals surface area contributed by atoms with E-state index in [1.807, 2.05) is 26.0 Å². The van der Waals surface area contributed by atoms with Crippen LogP contribution in [0.5, 0.6) is 11.5 Å². The lowest BCUT2D eigenvalue weighted by atomic mass is 10.1. The van der Waals surface area contributed by atoms with Crippen LogP contribution in [0.1, 0.15) is 29.7 Å². The van der Waals surface area contributed by atoms with Crippen LogP contribution < -0.4 is 4.74 Å². The molecule has 2 aromatic carbocycles. The number of halogens is 2. The zero-order valence-corrected chi connectivity index (χ0v) is 13.1. The molecule has 0 amide bonds. The van der Waals surface area contributed by atoms with Crippen molar-refractivity contribution < 1.29 is 9.84 Å². The van der Waals surface area contributed by atoms with Gasteiger partial charge in [0.1, 0.15) is 11.5 Å². The minimum atomic E-state index is -0.601. The fourth-order valence-corrected chi connectivity index (χ4v) is 2.74. The third-order valence-electron chi connectivity index (χ3n) is 3.07. The first-order chi connectivity index (χ1) is 9.38. The van der Waals surface area contributed by atoms with Crippen molar-refractivity contribution in [3.63, 3.8) is 0 Å². The van der Waals surface area contributed by atoms with E-state index in [1.54, 1.807) is 25.1 Å². The van der Waals surface area contributed by atoms with Gasteiger partial charge in [-0.1, -0.05) is 29.3 Å². The lowest BCUT2D eigenvalue weighted by Gasteiger charge is -2.14.